The average Bonchev–Trinajstić information content (AvgIpc) is 3.20. The summed E-state index contributed by atoms with van der Waals surface area (Å²) < 4.78 is 19.0. The summed E-state index contributed by atoms with van der Waals surface area (Å²) in [6, 6.07) is 10.3. The molecule has 0 aliphatic carbocycles. The molecule has 1 aliphatic heterocycles. The highest BCUT2D eigenvalue weighted by atomic mass is 32.1. The zero-order valence-electron chi connectivity index (χ0n) is 12.9. The molecule has 3 rings (SSSR count). The number of amides is 1. The molecule has 0 spiro atoms. The summed E-state index contributed by atoms with van der Waals surface area (Å²) in [5.74, 6) is -0.293. The van der Waals surface area contributed by atoms with Gasteiger partial charge in [0, 0.05) is 18.0 Å². The van der Waals surface area contributed by atoms with E-state index in [0.717, 1.165) is 24.3 Å². The van der Waals surface area contributed by atoms with Crippen molar-refractivity contribution in [3.8, 4) is 0 Å². The fraction of sp³-hybridized carbons (Fsp3) is 0.389. The van der Waals surface area contributed by atoms with Crippen LogP contribution < -0.4 is 0 Å². The summed E-state index contributed by atoms with van der Waals surface area (Å²) >= 11 is 1.64. The van der Waals surface area contributed by atoms with Crippen molar-refractivity contribution in [3.05, 3.63) is 58.0 Å². The number of halogens is 1. The van der Waals surface area contributed by atoms with Crippen molar-refractivity contribution in [2.24, 2.45) is 0 Å². The minimum absolute atomic E-state index is 0.0134. The fourth-order valence-corrected chi connectivity index (χ4v) is 3.53. The van der Waals surface area contributed by atoms with Crippen LogP contribution in [0.3, 0.4) is 0 Å². The van der Waals surface area contributed by atoms with Crippen LogP contribution in [0, 0.1) is 5.82 Å². The monoisotopic (exact) mass is 333 g/mol. The second kappa shape index (κ2) is 7.70. The van der Waals surface area contributed by atoms with Crippen LogP contribution in [0.4, 0.5) is 4.39 Å². The second-order valence-corrected chi connectivity index (χ2v) is 6.83. The van der Waals surface area contributed by atoms with Gasteiger partial charge in [0.15, 0.2) is 0 Å². The molecular weight excluding hydrogens is 313 g/mol. The zero-order chi connectivity index (χ0) is 16.1. The highest BCUT2D eigenvalue weighted by molar-refractivity contribution is 7.09. The van der Waals surface area contributed by atoms with Gasteiger partial charge in [0.25, 0.3) is 0 Å². The molecule has 0 saturated carbocycles. The highest BCUT2D eigenvalue weighted by Crippen LogP contribution is 2.18. The van der Waals surface area contributed by atoms with Gasteiger partial charge in [0.1, 0.15) is 5.82 Å². The SMILES string of the molecule is O=C(Cc1cccc(F)c1)N(Cc1cccs1)CC1CCCO1. The first-order valence-electron chi connectivity index (χ1n) is 7.87. The first-order valence-corrected chi connectivity index (χ1v) is 8.75. The third-order valence-corrected chi connectivity index (χ3v) is 4.83. The van der Waals surface area contributed by atoms with Crippen LogP contribution in [0.15, 0.2) is 41.8 Å². The smallest absolute Gasteiger partial charge is 0.227 e. The molecule has 1 aromatic heterocycles. The van der Waals surface area contributed by atoms with E-state index in [-0.39, 0.29) is 24.2 Å². The third kappa shape index (κ3) is 4.62. The van der Waals surface area contributed by atoms with Gasteiger partial charge >= 0.3 is 0 Å². The van der Waals surface area contributed by atoms with Crippen molar-refractivity contribution in [1.82, 2.24) is 4.90 Å². The van der Waals surface area contributed by atoms with Gasteiger partial charge in [-0.3, -0.25) is 4.79 Å². The Morgan fingerprint density at radius 1 is 1.35 bits per heavy atom. The van der Waals surface area contributed by atoms with E-state index in [9.17, 15) is 9.18 Å². The summed E-state index contributed by atoms with van der Waals surface area (Å²) in [4.78, 5) is 15.7. The number of ether oxygens (including phenoxy) is 1. The van der Waals surface area contributed by atoms with Gasteiger partial charge in [0.05, 0.1) is 19.1 Å². The Balaban J connectivity index is 1.68. The predicted molar refractivity (Wildman–Crippen MR) is 88.8 cm³/mol. The van der Waals surface area contributed by atoms with Crippen molar-refractivity contribution in [3.63, 3.8) is 0 Å². The predicted octanol–water partition coefficient (Wildman–Crippen LogP) is 3.64. The number of hydrogen-bond acceptors (Lipinski definition) is 3. The van der Waals surface area contributed by atoms with E-state index >= 15 is 0 Å². The Morgan fingerprint density at radius 3 is 2.96 bits per heavy atom. The maximum atomic E-state index is 13.3. The summed E-state index contributed by atoms with van der Waals surface area (Å²) in [7, 11) is 0. The first kappa shape index (κ1) is 16.1. The lowest BCUT2D eigenvalue weighted by Gasteiger charge is -2.25. The van der Waals surface area contributed by atoms with Crippen LogP contribution in [-0.4, -0.2) is 30.1 Å². The van der Waals surface area contributed by atoms with Crippen molar-refractivity contribution in [2.75, 3.05) is 13.2 Å². The fourth-order valence-electron chi connectivity index (χ4n) is 2.81. The van der Waals surface area contributed by atoms with Crippen LogP contribution >= 0.6 is 11.3 Å². The lowest BCUT2D eigenvalue weighted by molar-refractivity contribution is -0.132. The van der Waals surface area contributed by atoms with Crippen LogP contribution in [0.5, 0.6) is 0 Å². The van der Waals surface area contributed by atoms with Crippen molar-refractivity contribution in [2.45, 2.75) is 31.9 Å². The third-order valence-electron chi connectivity index (χ3n) is 3.97. The molecule has 1 saturated heterocycles. The lowest BCUT2D eigenvalue weighted by Crippen LogP contribution is -2.37. The van der Waals surface area contributed by atoms with E-state index < -0.39 is 0 Å². The molecule has 0 bridgehead atoms. The average molecular weight is 333 g/mol. The van der Waals surface area contributed by atoms with Gasteiger partial charge < -0.3 is 9.64 Å². The van der Waals surface area contributed by atoms with Gasteiger partial charge in [-0.2, -0.15) is 0 Å². The highest BCUT2D eigenvalue weighted by Gasteiger charge is 2.23. The molecule has 1 aliphatic rings. The number of carbonyl (C=O) groups is 1. The van der Waals surface area contributed by atoms with Gasteiger partial charge in [0.2, 0.25) is 5.91 Å². The second-order valence-electron chi connectivity index (χ2n) is 5.80. The number of hydrogen-bond donors (Lipinski definition) is 0. The van der Waals surface area contributed by atoms with Crippen molar-refractivity contribution < 1.29 is 13.9 Å². The Hall–Kier alpha value is -1.72. The van der Waals surface area contributed by atoms with E-state index in [4.69, 9.17) is 4.74 Å². The van der Waals surface area contributed by atoms with E-state index in [1.165, 1.54) is 12.1 Å². The number of rotatable bonds is 6. The molecule has 0 radical (unpaired) electrons. The van der Waals surface area contributed by atoms with Crippen LogP contribution in [-0.2, 0) is 22.5 Å². The molecule has 3 nitrogen and oxygen atoms in total. The van der Waals surface area contributed by atoms with Gasteiger partial charge in [-0.15, -0.1) is 11.3 Å². The topological polar surface area (TPSA) is 29.5 Å². The molecule has 1 atom stereocenters. The summed E-state index contributed by atoms with van der Waals surface area (Å²) in [5, 5.41) is 2.01. The molecule has 5 heteroatoms. The maximum Gasteiger partial charge on any atom is 0.227 e. The molecule has 2 heterocycles. The van der Waals surface area contributed by atoms with Crippen molar-refractivity contribution in [1.29, 1.82) is 0 Å². The number of carbonyl (C=O) groups excluding carboxylic acids is 1. The van der Waals surface area contributed by atoms with Crippen LogP contribution in [0.2, 0.25) is 0 Å². The number of nitrogens with zero attached hydrogens (tertiary/aromatic N) is 1. The first-order chi connectivity index (χ1) is 11.2. The van der Waals surface area contributed by atoms with E-state index in [0.29, 0.717) is 18.7 Å². The van der Waals surface area contributed by atoms with Crippen molar-refractivity contribution >= 4 is 17.2 Å². The number of thiophene rings is 1. The van der Waals surface area contributed by atoms with Gasteiger partial charge in [-0.05, 0) is 42.0 Å². The maximum absolute atomic E-state index is 13.3. The molecule has 1 unspecified atom stereocenters. The Bertz CT molecular complexity index is 638. The summed E-state index contributed by atoms with van der Waals surface area (Å²) in [6.07, 6.45) is 2.38. The Labute approximate surface area is 139 Å². The summed E-state index contributed by atoms with van der Waals surface area (Å²) in [5.41, 5.74) is 0.707. The van der Waals surface area contributed by atoms with E-state index in [2.05, 4.69) is 0 Å². The van der Waals surface area contributed by atoms with Crippen LogP contribution in [0.25, 0.3) is 0 Å². The number of benzene rings is 1. The van der Waals surface area contributed by atoms with E-state index in [1.54, 1.807) is 23.5 Å². The summed E-state index contributed by atoms with van der Waals surface area (Å²) in [6.45, 7) is 1.97. The molecule has 1 aromatic carbocycles. The molecule has 2 aromatic rings. The standard InChI is InChI=1S/C18H20FNO2S/c19-15-5-1-4-14(10-15)11-18(21)20(12-16-6-2-8-22-16)13-17-7-3-9-23-17/h1,3-5,7,9-10,16H,2,6,8,11-13H2. The molecule has 1 amide bonds. The molecule has 0 N–H and O–H groups in total. The van der Waals surface area contributed by atoms with E-state index in [1.807, 2.05) is 22.4 Å². The molecule has 1 fully saturated rings. The minimum Gasteiger partial charge on any atom is -0.376 e. The molecular formula is C18H20FNO2S. The van der Waals surface area contributed by atoms with Gasteiger partial charge in [-0.25, -0.2) is 4.39 Å². The Kier molecular flexibility index (Phi) is 5.41. The van der Waals surface area contributed by atoms with Crippen LogP contribution in [0.1, 0.15) is 23.3 Å². The molecule has 122 valence electrons. The lowest BCUT2D eigenvalue weighted by atomic mass is 10.1. The Morgan fingerprint density at radius 2 is 2.26 bits per heavy atom. The van der Waals surface area contributed by atoms with Gasteiger partial charge in [-0.1, -0.05) is 18.2 Å². The zero-order valence-corrected chi connectivity index (χ0v) is 13.7. The molecule has 23 heavy (non-hydrogen) atoms. The quantitative estimate of drug-likeness (QED) is 0.808. The largest absolute Gasteiger partial charge is 0.376 e. The minimum atomic E-state index is -0.306. The normalized spacial score (nSPS) is 17.3.